The zero-order valence-corrected chi connectivity index (χ0v) is 15.3. The first-order chi connectivity index (χ1) is 13.3. The van der Waals surface area contributed by atoms with Crippen molar-refractivity contribution in [2.24, 2.45) is 5.29 Å². The van der Waals surface area contributed by atoms with Gasteiger partial charge in [0.05, 0.1) is 17.9 Å². The van der Waals surface area contributed by atoms with E-state index >= 15 is 0 Å². The average molecular weight is 394 g/mol. The van der Waals surface area contributed by atoms with Crippen molar-refractivity contribution >= 4 is 23.1 Å². The molecular formula is C15H18N6O7. The third kappa shape index (κ3) is 3.55. The lowest BCUT2D eigenvalue weighted by molar-refractivity contribution is -0.154. The first-order valence-corrected chi connectivity index (χ1v) is 8.25. The van der Waals surface area contributed by atoms with E-state index < -0.39 is 42.0 Å². The van der Waals surface area contributed by atoms with Crippen LogP contribution in [0.3, 0.4) is 0 Å². The Morgan fingerprint density at radius 1 is 1.36 bits per heavy atom. The van der Waals surface area contributed by atoms with Gasteiger partial charge in [0.15, 0.2) is 23.5 Å². The van der Waals surface area contributed by atoms with Crippen molar-refractivity contribution in [2.45, 2.75) is 38.3 Å². The summed E-state index contributed by atoms with van der Waals surface area (Å²) < 4.78 is 17.7. The Labute approximate surface area is 157 Å². The summed E-state index contributed by atoms with van der Waals surface area (Å²) in [5, 5.41) is 3.90. The number of hydrogen-bond acceptors (Lipinski definition) is 10. The van der Waals surface area contributed by atoms with E-state index in [0.29, 0.717) is 0 Å². The van der Waals surface area contributed by atoms with Crippen LogP contribution in [0, 0.1) is 4.91 Å². The Hall–Kier alpha value is -3.35. The fourth-order valence-corrected chi connectivity index (χ4v) is 3.15. The van der Waals surface area contributed by atoms with Crippen LogP contribution in [0.1, 0.15) is 20.1 Å². The maximum atomic E-state index is 11.9. The Balaban J connectivity index is 2.05. The number of fused-ring (bicyclic) bond motifs is 1. The van der Waals surface area contributed by atoms with Crippen LogP contribution < -0.4 is 5.56 Å². The summed E-state index contributed by atoms with van der Waals surface area (Å²) in [5.41, 5.74) is -0.195. The summed E-state index contributed by atoms with van der Waals surface area (Å²) >= 11 is 0. The molecule has 1 aliphatic rings. The molecule has 4 atom stereocenters. The van der Waals surface area contributed by atoms with Crippen LogP contribution in [0.25, 0.3) is 11.2 Å². The van der Waals surface area contributed by atoms with E-state index in [2.05, 4.69) is 20.2 Å². The first-order valence-electron chi connectivity index (χ1n) is 8.25. The molecule has 0 aromatic carbocycles. The summed E-state index contributed by atoms with van der Waals surface area (Å²) in [6.45, 7) is 2.23. The van der Waals surface area contributed by atoms with Gasteiger partial charge in [-0.05, 0) is 0 Å². The molecule has 13 heteroatoms. The predicted octanol–water partition coefficient (Wildman–Crippen LogP) is -0.506. The molecule has 0 aliphatic carbocycles. The van der Waals surface area contributed by atoms with Crippen molar-refractivity contribution in [1.29, 1.82) is 0 Å². The van der Waals surface area contributed by atoms with Crippen LogP contribution in [-0.2, 0) is 23.8 Å². The number of likely N-dealkylation sites (N-methyl/N-ethyl adjacent to an activating group) is 1. The molecule has 13 nitrogen and oxygen atoms in total. The molecule has 0 saturated carbocycles. The lowest BCUT2D eigenvalue weighted by atomic mass is 10.1. The summed E-state index contributed by atoms with van der Waals surface area (Å²) in [7, 11) is 1.38. The molecule has 1 aliphatic heterocycles. The lowest BCUT2D eigenvalue weighted by Crippen LogP contribution is -2.46. The monoisotopic (exact) mass is 394 g/mol. The van der Waals surface area contributed by atoms with Gasteiger partial charge in [0, 0.05) is 20.9 Å². The van der Waals surface area contributed by atoms with E-state index in [9.17, 15) is 19.3 Å². The van der Waals surface area contributed by atoms with E-state index in [-0.39, 0.29) is 17.8 Å². The van der Waals surface area contributed by atoms with Crippen LogP contribution in [0.4, 0.5) is 0 Å². The SMILES string of the molecule is CC(=O)OCC1OC(n2cnc3c(=O)[nH]cnc32)C(OC(C)=O)C1N(C)N=O. The average Bonchev–Trinajstić information content (AvgIpc) is 3.21. The number of aromatic amines is 1. The smallest absolute Gasteiger partial charge is 0.303 e. The quantitative estimate of drug-likeness (QED) is 0.384. The van der Waals surface area contributed by atoms with E-state index in [1.165, 1.54) is 38.1 Å². The van der Waals surface area contributed by atoms with E-state index in [4.69, 9.17) is 14.2 Å². The van der Waals surface area contributed by atoms with Gasteiger partial charge in [0.25, 0.3) is 5.56 Å². The van der Waals surface area contributed by atoms with Gasteiger partial charge in [-0.3, -0.25) is 24.0 Å². The number of H-pyrrole nitrogens is 1. The highest BCUT2D eigenvalue weighted by molar-refractivity contribution is 5.69. The molecular weight excluding hydrogens is 376 g/mol. The fourth-order valence-electron chi connectivity index (χ4n) is 3.15. The molecule has 2 aromatic heterocycles. The number of hydrogen-bond donors (Lipinski definition) is 1. The van der Waals surface area contributed by atoms with Crippen molar-refractivity contribution in [1.82, 2.24) is 24.5 Å². The molecule has 1 saturated heterocycles. The normalized spacial score (nSPS) is 24.1. The second kappa shape index (κ2) is 7.72. The number of aromatic nitrogens is 4. The number of carbonyl (C=O) groups is 2. The molecule has 0 amide bonds. The second-order valence-corrected chi connectivity index (χ2v) is 6.14. The zero-order valence-electron chi connectivity index (χ0n) is 15.3. The maximum absolute atomic E-state index is 11.9. The van der Waals surface area contributed by atoms with Crippen molar-refractivity contribution in [3.8, 4) is 0 Å². The third-order valence-corrected chi connectivity index (χ3v) is 4.27. The summed E-state index contributed by atoms with van der Waals surface area (Å²) in [6, 6.07) is -0.856. The number of rotatable bonds is 6. The standard InChI is InChI=1S/C15H18N6O7/c1-7(22)26-4-9-11(20(3)19-25)12(27-8(2)23)15(28-9)21-6-18-10-13(21)16-5-17-14(10)24/h5-6,9,11-12,15H,4H2,1-3H3,(H,16,17,24). The van der Waals surface area contributed by atoms with Crippen LogP contribution in [0.2, 0.25) is 0 Å². The minimum Gasteiger partial charge on any atom is -0.463 e. The van der Waals surface area contributed by atoms with Crippen molar-refractivity contribution in [3.63, 3.8) is 0 Å². The van der Waals surface area contributed by atoms with Crippen LogP contribution in [0.5, 0.6) is 0 Å². The Kier molecular flexibility index (Phi) is 5.35. The van der Waals surface area contributed by atoms with Gasteiger partial charge >= 0.3 is 11.9 Å². The van der Waals surface area contributed by atoms with Gasteiger partial charge in [-0.25, -0.2) is 9.97 Å². The first kappa shape index (κ1) is 19.4. The van der Waals surface area contributed by atoms with Crippen molar-refractivity contribution in [2.75, 3.05) is 13.7 Å². The molecule has 0 spiro atoms. The summed E-state index contributed by atoms with van der Waals surface area (Å²) in [6.07, 6.45) is -0.336. The highest BCUT2D eigenvalue weighted by Crippen LogP contribution is 2.36. The number of ether oxygens (including phenoxy) is 3. The minimum absolute atomic E-state index is 0.0644. The van der Waals surface area contributed by atoms with Crippen molar-refractivity contribution in [3.05, 3.63) is 27.9 Å². The van der Waals surface area contributed by atoms with Crippen LogP contribution in [-0.4, -0.2) is 68.4 Å². The van der Waals surface area contributed by atoms with Crippen LogP contribution >= 0.6 is 0 Å². The van der Waals surface area contributed by atoms with Crippen LogP contribution in [0.15, 0.2) is 22.7 Å². The number of esters is 2. The van der Waals surface area contributed by atoms with Gasteiger partial charge < -0.3 is 19.2 Å². The largest absolute Gasteiger partial charge is 0.463 e. The molecule has 4 unspecified atom stereocenters. The molecule has 28 heavy (non-hydrogen) atoms. The number of imidazole rings is 1. The van der Waals surface area contributed by atoms with Gasteiger partial charge in [-0.15, -0.1) is 4.91 Å². The third-order valence-electron chi connectivity index (χ3n) is 4.27. The number of nitrogens with zero attached hydrogens (tertiary/aromatic N) is 5. The number of nitroso groups, excluding NO2 is 1. The minimum atomic E-state index is -1.01. The van der Waals surface area contributed by atoms with Gasteiger partial charge in [0.2, 0.25) is 0 Å². The second-order valence-electron chi connectivity index (χ2n) is 6.14. The molecule has 3 heterocycles. The Morgan fingerprint density at radius 3 is 2.75 bits per heavy atom. The Morgan fingerprint density at radius 2 is 2.11 bits per heavy atom. The molecule has 0 radical (unpaired) electrons. The summed E-state index contributed by atoms with van der Waals surface area (Å²) in [4.78, 5) is 56.5. The topological polar surface area (TPSA) is 158 Å². The fraction of sp³-hybridized carbons (Fsp3) is 0.533. The number of carbonyl (C=O) groups excluding carboxylic acids is 2. The molecule has 150 valence electrons. The predicted molar refractivity (Wildman–Crippen MR) is 91.6 cm³/mol. The van der Waals surface area contributed by atoms with Gasteiger partial charge in [-0.2, -0.15) is 0 Å². The highest BCUT2D eigenvalue weighted by atomic mass is 16.6. The van der Waals surface area contributed by atoms with E-state index in [1.807, 2.05) is 0 Å². The Bertz CT molecular complexity index is 956. The number of nitrogens with one attached hydrogen (secondary N) is 1. The molecule has 3 rings (SSSR count). The lowest BCUT2D eigenvalue weighted by Gasteiger charge is -2.27. The van der Waals surface area contributed by atoms with Gasteiger partial charge in [-0.1, -0.05) is 0 Å². The highest BCUT2D eigenvalue weighted by Gasteiger charge is 2.51. The molecule has 1 N–H and O–H groups in total. The molecule has 2 aromatic rings. The zero-order chi connectivity index (χ0) is 20.4. The molecule has 1 fully saturated rings. The van der Waals surface area contributed by atoms with Crippen molar-refractivity contribution < 1.29 is 23.8 Å². The van der Waals surface area contributed by atoms with E-state index in [1.54, 1.807) is 0 Å². The summed E-state index contributed by atoms with van der Waals surface area (Å²) in [5.74, 6) is -1.16. The molecule has 0 bridgehead atoms. The van der Waals surface area contributed by atoms with E-state index in [0.717, 1.165) is 5.01 Å². The van der Waals surface area contributed by atoms with Gasteiger partial charge in [0.1, 0.15) is 18.8 Å². The maximum Gasteiger partial charge on any atom is 0.303 e.